The van der Waals surface area contributed by atoms with Crippen LogP contribution < -0.4 is 10.2 Å². The first kappa shape index (κ1) is 16.5. The van der Waals surface area contributed by atoms with Gasteiger partial charge in [0.1, 0.15) is 5.82 Å². The highest BCUT2D eigenvalue weighted by molar-refractivity contribution is 6.31. The predicted molar refractivity (Wildman–Crippen MR) is 90.2 cm³/mol. The van der Waals surface area contributed by atoms with Gasteiger partial charge in [-0.3, -0.25) is 0 Å². The monoisotopic (exact) mass is 310 g/mol. The van der Waals surface area contributed by atoms with Crippen LogP contribution in [0.4, 0.5) is 5.82 Å². The number of nitrogens with one attached hydrogen (secondary N) is 1. The third-order valence-electron chi connectivity index (χ3n) is 4.00. The summed E-state index contributed by atoms with van der Waals surface area (Å²) in [7, 11) is 2.11. The van der Waals surface area contributed by atoms with Gasteiger partial charge in [0.15, 0.2) is 0 Å². The van der Waals surface area contributed by atoms with Gasteiger partial charge in [-0.15, -0.1) is 0 Å². The van der Waals surface area contributed by atoms with E-state index < -0.39 is 0 Å². The summed E-state index contributed by atoms with van der Waals surface area (Å²) >= 11 is 6.23. The van der Waals surface area contributed by atoms with Crippen LogP contribution in [0.5, 0.6) is 0 Å². The van der Waals surface area contributed by atoms with E-state index in [1.165, 1.54) is 25.9 Å². The number of nitrogens with zero attached hydrogens (tertiary/aromatic N) is 3. The Balaban J connectivity index is 1.89. The lowest BCUT2D eigenvalue weighted by Crippen LogP contribution is -2.31. The molecule has 0 amide bonds. The van der Waals surface area contributed by atoms with Crippen molar-refractivity contribution in [1.82, 2.24) is 15.2 Å². The third kappa shape index (κ3) is 5.13. The fourth-order valence-corrected chi connectivity index (χ4v) is 2.79. The van der Waals surface area contributed by atoms with Crippen molar-refractivity contribution in [3.05, 3.63) is 22.8 Å². The van der Waals surface area contributed by atoms with Crippen molar-refractivity contribution in [2.24, 2.45) is 0 Å². The van der Waals surface area contributed by atoms with Gasteiger partial charge in [0.25, 0.3) is 0 Å². The number of hydrogen-bond acceptors (Lipinski definition) is 4. The average molecular weight is 311 g/mol. The summed E-state index contributed by atoms with van der Waals surface area (Å²) in [6, 6.07) is 2.11. The summed E-state index contributed by atoms with van der Waals surface area (Å²) in [6.45, 7) is 8.60. The van der Waals surface area contributed by atoms with Crippen LogP contribution in [-0.2, 0) is 6.54 Å². The molecule has 1 N–H and O–H groups in total. The Hall–Kier alpha value is -0.840. The zero-order valence-corrected chi connectivity index (χ0v) is 14.0. The Bertz CT molecular complexity index is 432. The molecule has 21 heavy (non-hydrogen) atoms. The van der Waals surface area contributed by atoms with Crippen LogP contribution in [0.15, 0.2) is 12.3 Å². The van der Waals surface area contributed by atoms with Crippen molar-refractivity contribution in [3.8, 4) is 0 Å². The molecule has 0 spiro atoms. The summed E-state index contributed by atoms with van der Waals surface area (Å²) in [4.78, 5) is 9.20. The summed E-state index contributed by atoms with van der Waals surface area (Å²) in [5.41, 5.74) is 1.13. The Morgan fingerprint density at radius 3 is 2.86 bits per heavy atom. The summed E-state index contributed by atoms with van der Waals surface area (Å²) in [5.74, 6) is 1.01. The van der Waals surface area contributed by atoms with Gasteiger partial charge in [-0.1, -0.05) is 18.5 Å². The topological polar surface area (TPSA) is 31.4 Å². The molecular formula is C16H27ClN4. The minimum atomic E-state index is 0.746. The van der Waals surface area contributed by atoms with E-state index in [0.717, 1.165) is 49.0 Å². The quantitative estimate of drug-likeness (QED) is 0.748. The number of likely N-dealkylation sites (N-methyl/N-ethyl adjacent to an activating group) is 1. The Morgan fingerprint density at radius 1 is 1.38 bits per heavy atom. The highest BCUT2D eigenvalue weighted by atomic mass is 35.5. The average Bonchev–Trinajstić information content (AvgIpc) is 3.00. The van der Waals surface area contributed by atoms with Crippen molar-refractivity contribution < 1.29 is 0 Å². The molecule has 1 aromatic heterocycles. The van der Waals surface area contributed by atoms with Crippen LogP contribution in [0.25, 0.3) is 0 Å². The number of likely N-dealkylation sites (tertiary alicyclic amines) is 1. The van der Waals surface area contributed by atoms with Crippen LogP contribution in [0.2, 0.25) is 5.02 Å². The molecule has 0 atom stereocenters. The largest absolute Gasteiger partial charge is 0.358 e. The predicted octanol–water partition coefficient (Wildman–Crippen LogP) is 2.77. The number of pyridine rings is 1. The lowest BCUT2D eigenvalue weighted by atomic mass is 10.2. The highest BCUT2D eigenvalue weighted by Crippen LogP contribution is 2.20. The van der Waals surface area contributed by atoms with Crippen LogP contribution in [0.1, 0.15) is 31.7 Å². The minimum absolute atomic E-state index is 0.746. The molecule has 2 rings (SSSR count). The molecule has 0 saturated carbocycles. The molecule has 4 nitrogen and oxygen atoms in total. The maximum atomic E-state index is 6.23. The first-order valence-corrected chi connectivity index (χ1v) is 8.37. The highest BCUT2D eigenvalue weighted by Gasteiger charge is 2.13. The second-order valence-electron chi connectivity index (χ2n) is 5.78. The Morgan fingerprint density at radius 2 is 2.14 bits per heavy atom. The van der Waals surface area contributed by atoms with Gasteiger partial charge in [-0.25, -0.2) is 4.98 Å². The molecule has 5 heteroatoms. The van der Waals surface area contributed by atoms with Gasteiger partial charge in [-0.05, 0) is 50.5 Å². The molecule has 0 bridgehead atoms. The SMILES string of the molecule is CCCNCc1cc(N(C)CCN2CCCC2)ncc1Cl. The van der Waals surface area contributed by atoms with E-state index >= 15 is 0 Å². The van der Waals surface area contributed by atoms with E-state index in [0.29, 0.717) is 0 Å². The third-order valence-corrected chi connectivity index (χ3v) is 4.34. The maximum Gasteiger partial charge on any atom is 0.128 e. The van der Waals surface area contributed by atoms with Crippen LogP contribution in [-0.4, -0.2) is 49.7 Å². The van der Waals surface area contributed by atoms with Gasteiger partial charge < -0.3 is 15.1 Å². The van der Waals surface area contributed by atoms with Crippen LogP contribution in [0, 0.1) is 0 Å². The molecule has 1 aliphatic rings. The number of aromatic nitrogens is 1. The normalized spacial score (nSPS) is 15.6. The Labute approximate surface area is 133 Å². The van der Waals surface area contributed by atoms with Crippen molar-refractivity contribution >= 4 is 17.4 Å². The smallest absolute Gasteiger partial charge is 0.128 e. The fourth-order valence-electron chi connectivity index (χ4n) is 2.62. The molecule has 1 fully saturated rings. The molecule has 1 saturated heterocycles. The van der Waals surface area contributed by atoms with Crippen LogP contribution >= 0.6 is 11.6 Å². The number of anilines is 1. The zero-order chi connectivity index (χ0) is 15.1. The number of rotatable bonds is 8. The fraction of sp³-hybridized carbons (Fsp3) is 0.688. The zero-order valence-electron chi connectivity index (χ0n) is 13.2. The second kappa shape index (κ2) is 8.57. The molecule has 1 aromatic rings. The van der Waals surface area contributed by atoms with Gasteiger partial charge in [0, 0.05) is 32.9 Å². The summed E-state index contributed by atoms with van der Waals surface area (Å²) in [6.07, 6.45) is 5.59. The van der Waals surface area contributed by atoms with Crippen molar-refractivity contribution in [2.75, 3.05) is 44.7 Å². The number of hydrogen-bond donors (Lipinski definition) is 1. The summed E-state index contributed by atoms with van der Waals surface area (Å²) in [5, 5.41) is 4.14. The molecule has 0 aromatic carbocycles. The number of halogens is 1. The molecule has 0 aliphatic carbocycles. The van der Waals surface area contributed by atoms with E-state index in [4.69, 9.17) is 11.6 Å². The van der Waals surface area contributed by atoms with Crippen LogP contribution in [0.3, 0.4) is 0 Å². The van der Waals surface area contributed by atoms with Gasteiger partial charge in [0.05, 0.1) is 5.02 Å². The lowest BCUT2D eigenvalue weighted by molar-refractivity contribution is 0.346. The standard InChI is InChI=1S/C16H27ClN4/c1-3-6-18-12-14-11-16(19-13-15(14)17)20(2)9-10-21-7-4-5-8-21/h11,13,18H,3-10,12H2,1-2H3. The molecule has 2 heterocycles. The Kier molecular flexibility index (Phi) is 6.74. The van der Waals surface area contributed by atoms with Crippen molar-refractivity contribution in [3.63, 3.8) is 0 Å². The molecule has 0 radical (unpaired) electrons. The van der Waals surface area contributed by atoms with E-state index in [1.807, 2.05) is 0 Å². The van der Waals surface area contributed by atoms with Gasteiger partial charge >= 0.3 is 0 Å². The lowest BCUT2D eigenvalue weighted by Gasteiger charge is -2.23. The first-order chi connectivity index (χ1) is 10.2. The van der Waals surface area contributed by atoms with Crippen molar-refractivity contribution in [2.45, 2.75) is 32.7 Å². The molecule has 1 aliphatic heterocycles. The van der Waals surface area contributed by atoms with Crippen molar-refractivity contribution in [1.29, 1.82) is 0 Å². The van der Waals surface area contributed by atoms with Gasteiger partial charge in [0.2, 0.25) is 0 Å². The first-order valence-electron chi connectivity index (χ1n) is 7.99. The van der Waals surface area contributed by atoms with E-state index in [9.17, 15) is 0 Å². The van der Waals surface area contributed by atoms with E-state index in [-0.39, 0.29) is 0 Å². The second-order valence-corrected chi connectivity index (χ2v) is 6.19. The van der Waals surface area contributed by atoms with E-state index in [2.05, 4.69) is 40.1 Å². The minimum Gasteiger partial charge on any atom is -0.358 e. The van der Waals surface area contributed by atoms with E-state index in [1.54, 1.807) is 6.20 Å². The maximum absolute atomic E-state index is 6.23. The molecule has 118 valence electrons. The molecule has 0 unspecified atom stereocenters. The van der Waals surface area contributed by atoms with Gasteiger partial charge in [-0.2, -0.15) is 0 Å². The molecular weight excluding hydrogens is 284 g/mol. The summed E-state index contributed by atoms with van der Waals surface area (Å²) < 4.78 is 0.